The van der Waals surface area contributed by atoms with Crippen LogP contribution in [-0.2, 0) is 37.8 Å². The Morgan fingerprint density at radius 3 is 1.78 bits per heavy atom. The molecule has 1 aliphatic rings. The zero-order valence-corrected chi connectivity index (χ0v) is 33.7. The Labute approximate surface area is 309 Å². The molecule has 3 atom stereocenters. The zero-order valence-electron chi connectivity index (χ0n) is 32.8. The lowest BCUT2D eigenvalue weighted by molar-refractivity contribution is 0.0414. The second-order valence-corrected chi connectivity index (χ2v) is 17.4. The summed E-state index contributed by atoms with van der Waals surface area (Å²) in [6, 6.07) is 19.1. The molecule has 6 nitrogen and oxygen atoms in total. The van der Waals surface area contributed by atoms with E-state index < -0.39 is 7.82 Å². The predicted octanol–water partition coefficient (Wildman–Crippen LogP) is 13.0. The van der Waals surface area contributed by atoms with Crippen molar-refractivity contribution in [3.05, 3.63) is 94.0 Å². The maximum atomic E-state index is 13.8. The summed E-state index contributed by atoms with van der Waals surface area (Å²) in [5.41, 5.74) is 5.87. The van der Waals surface area contributed by atoms with Crippen LogP contribution in [0.1, 0.15) is 132 Å². The number of rotatable bonds is 22. The number of phosphoric ester groups is 1. The van der Waals surface area contributed by atoms with Crippen molar-refractivity contribution in [1.29, 1.82) is 0 Å². The Morgan fingerprint density at radius 2 is 1.24 bits per heavy atom. The van der Waals surface area contributed by atoms with Crippen molar-refractivity contribution in [2.24, 2.45) is 17.8 Å². The highest BCUT2D eigenvalue weighted by atomic mass is 31.2. The topological polar surface area (TPSA) is 63.2 Å². The molecular formula is C44H65O6P. The average Bonchev–Trinajstić information content (AvgIpc) is 3.11. The van der Waals surface area contributed by atoms with E-state index in [9.17, 15) is 4.57 Å². The number of phosphoric acid groups is 1. The van der Waals surface area contributed by atoms with Gasteiger partial charge in [0.15, 0.2) is 6.79 Å². The molecule has 7 heteroatoms. The van der Waals surface area contributed by atoms with E-state index in [1.165, 1.54) is 56.9 Å². The maximum Gasteiger partial charge on any atom is 0.478 e. The molecule has 0 fully saturated rings. The minimum absolute atomic E-state index is 0.0931. The van der Waals surface area contributed by atoms with Crippen LogP contribution < -0.4 is 9.47 Å². The SMILES string of the molecule is Cc1c(C)c2c(c(C)c1OCOP(=O)(OCc1ccccc1)OCc1ccccc1)CCC(C)(CCCC(C)CCCC(C)CCCC(C)C)O2. The molecule has 1 aliphatic heterocycles. The highest BCUT2D eigenvalue weighted by molar-refractivity contribution is 7.48. The smallest absolute Gasteiger partial charge is 0.478 e. The van der Waals surface area contributed by atoms with Gasteiger partial charge in [-0.3, -0.25) is 9.05 Å². The van der Waals surface area contributed by atoms with Crippen LogP contribution in [-0.4, -0.2) is 12.4 Å². The Balaban J connectivity index is 1.30. The van der Waals surface area contributed by atoms with Crippen molar-refractivity contribution in [2.75, 3.05) is 6.79 Å². The minimum Gasteiger partial charge on any atom is -0.487 e. The van der Waals surface area contributed by atoms with Crippen molar-refractivity contribution in [1.82, 2.24) is 0 Å². The van der Waals surface area contributed by atoms with Gasteiger partial charge in [-0.25, -0.2) is 9.09 Å². The highest BCUT2D eigenvalue weighted by Gasteiger charge is 2.35. The van der Waals surface area contributed by atoms with Gasteiger partial charge in [0, 0.05) is 5.56 Å². The molecular weight excluding hydrogens is 655 g/mol. The van der Waals surface area contributed by atoms with E-state index in [1.54, 1.807) is 0 Å². The van der Waals surface area contributed by atoms with Gasteiger partial charge in [-0.15, -0.1) is 0 Å². The van der Waals surface area contributed by atoms with Crippen LogP contribution in [0.5, 0.6) is 11.5 Å². The fraction of sp³-hybridized carbons (Fsp3) is 0.591. The summed E-state index contributed by atoms with van der Waals surface area (Å²) in [7, 11) is -3.96. The Hall–Kier alpha value is -2.63. The van der Waals surface area contributed by atoms with Crippen molar-refractivity contribution in [3.63, 3.8) is 0 Å². The Bertz CT molecular complexity index is 1480. The summed E-state index contributed by atoms with van der Waals surface area (Å²) >= 11 is 0. The molecule has 0 aromatic heterocycles. The molecule has 282 valence electrons. The molecule has 4 rings (SSSR count). The quantitative estimate of drug-likeness (QED) is 0.0760. The summed E-state index contributed by atoms with van der Waals surface area (Å²) in [6.45, 7) is 18.0. The summed E-state index contributed by atoms with van der Waals surface area (Å²) in [5.74, 6) is 4.15. The third-order valence-electron chi connectivity index (χ3n) is 10.7. The largest absolute Gasteiger partial charge is 0.487 e. The standard InChI is InChI=1S/C44H65O6P/c1-33(2)18-15-19-34(3)20-16-21-35(4)22-17-28-44(8)29-27-41-38(7)42(36(5)37(6)43(41)50-44)46-32-49-51(45,47-30-39-23-11-9-12-24-39)48-31-40-25-13-10-14-26-40/h9-14,23-26,33-35H,15-22,27-32H2,1-8H3. The highest BCUT2D eigenvalue weighted by Crippen LogP contribution is 2.51. The fourth-order valence-electron chi connectivity index (χ4n) is 7.19. The zero-order chi connectivity index (χ0) is 36.9. The number of ether oxygens (including phenoxy) is 2. The van der Waals surface area contributed by atoms with E-state index in [1.807, 2.05) is 60.7 Å². The Kier molecular flexibility index (Phi) is 16.1. The van der Waals surface area contributed by atoms with Crippen molar-refractivity contribution < 1.29 is 27.6 Å². The summed E-state index contributed by atoms with van der Waals surface area (Å²) in [6.07, 6.45) is 13.5. The number of fused-ring (bicyclic) bond motifs is 1. The van der Waals surface area contributed by atoms with Crippen LogP contribution in [0.3, 0.4) is 0 Å². The van der Waals surface area contributed by atoms with Crippen LogP contribution in [0.2, 0.25) is 0 Å². The Morgan fingerprint density at radius 1 is 0.706 bits per heavy atom. The van der Waals surface area contributed by atoms with E-state index in [0.29, 0.717) is 0 Å². The first-order valence-corrected chi connectivity index (χ1v) is 20.9. The second-order valence-electron chi connectivity index (χ2n) is 15.8. The van der Waals surface area contributed by atoms with Gasteiger partial charge >= 0.3 is 7.82 Å². The molecule has 0 saturated carbocycles. The van der Waals surface area contributed by atoms with Crippen LogP contribution in [0.15, 0.2) is 60.7 Å². The molecule has 0 aliphatic carbocycles. The van der Waals surface area contributed by atoms with Crippen molar-refractivity contribution in [3.8, 4) is 11.5 Å². The molecule has 0 saturated heterocycles. The van der Waals surface area contributed by atoms with Crippen LogP contribution in [0, 0.1) is 38.5 Å². The van der Waals surface area contributed by atoms with Crippen molar-refractivity contribution in [2.45, 2.75) is 145 Å². The van der Waals surface area contributed by atoms with Crippen LogP contribution >= 0.6 is 7.82 Å². The van der Waals surface area contributed by atoms with E-state index in [4.69, 9.17) is 23.0 Å². The molecule has 0 N–H and O–H groups in total. The normalized spacial score (nSPS) is 17.2. The fourth-order valence-corrected chi connectivity index (χ4v) is 8.21. The first kappa shape index (κ1) is 41.1. The molecule has 3 aromatic rings. The lowest BCUT2D eigenvalue weighted by atomic mass is 9.83. The molecule has 0 bridgehead atoms. The van der Waals surface area contributed by atoms with Gasteiger partial charge in [-0.1, -0.05) is 133 Å². The molecule has 3 aromatic carbocycles. The van der Waals surface area contributed by atoms with Crippen molar-refractivity contribution >= 4 is 7.82 Å². The summed E-state index contributed by atoms with van der Waals surface area (Å²) in [5, 5.41) is 0. The van der Waals surface area contributed by atoms with Gasteiger partial charge < -0.3 is 9.47 Å². The van der Waals surface area contributed by atoms with Gasteiger partial charge in [0.2, 0.25) is 0 Å². The molecule has 0 amide bonds. The third kappa shape index (κ3) is 13.1. The first-order chi connectivity index (χ1) is 24.4. The summed E-state index contributed by atoms with van der Waals surface area (Å²) < 4.78 is 44.2. The van der Waals surface area contributed by atoms with Gasteiger partial charge in [-0.05, 0) is 98.9 Å². The van der Waals surface area contributed by atoms with E-state index >= 15 is 0 Å². The van der Waals surface area contributed by atoms with Crippen LogP contribution in [0.4, 0.5) is 0 Å². The number of hydrogen-bond donors (Lipinski definition) is 0. The van der Waals surface area contributed by atoms with Crippen LogP contribution in [0.25, 0.3) is 0 Å². The van der Waals surface area contributed by atoms with Gasteiger partial charge in [-0.2, -0.15) is 0 Å². The maximum absolute atomic E-state index is 13.8. The van der Waals surface area contributed by atoms with E-state index in [0.717, 1.165) is 76.3 Å². The van der Waals surface area contributed by atoms with Gasteiger partial charge in [0.1, 0.15) is 17.1 Å². The predicted molar refractivity (Wildman–Crippen MR) is 209 cm³/mol. The number of hydrogen-bond acceptors (Lipinski definition) is 6. The van der Waals surface area contributed by atoms with Gasteiger partial charge in [0.05, 0.1) is 13.2 Å². The molecule has 51 heavy (non-hydrogen) atoms. The van der Waals surface area contributed by atoms with Gasteiger partial charge in [0.25, 0.3) is 0 Å². The first-order valence-electron chi connectivity index (χ1n) is 19.4. The lowest BCUT2D eigenvalue weighted by Crippen LogP contribution is -2.37. The monoisotopic (exact) mass is 720 g/mol. The van der Waals surface area contributed by atoms with E-state index in [-0.39, 0.29) is 25.6 Å². The molecule has 0 radical (unpaired) electrons. The second kappa shape index (κ2) is 20.0. The lowest BCUT2D eigenvalue weighted by Gasteiger charge is -2.38. The minimum atomic E-state index is -3.96. The van der Waals surface area contributed by atoms with E-state index in [2.05, 4.69) is 55.4 Å². The average molecular weight is 721 g/mol. The third-order valence-corrected chi connectivity index (χ3v) is 12.0. The molecule has 1 heterocycles. The molecule has 0 spiro atoms. The number of benzene rings is 3. The summed E-state index contributed by atoms with van der Waals surface area (Å²) in [4.78, 5) is 0. The molecule has 3 unspecified atom stereocenters.